The Balaban J connectivity index is 1.44. The molecule has 5 nitrogen and oxygen atoms in total. The van der Waals surface area contributed by atoms with Crippen LogP contribution in [0.1, 0.15) is 18.4 Å². The van der Waals surface area contributed by atoms with Crippen LogP contribution in [0, 0.1) is 0 Å². The molecule has 1 fully saturated rings. The molecule has 144 valence electrons. The molecular formula is C23H26N3O2+. The zero-order valence-electron chi connectivity index (χ0n) is 16.4. The summed E-state index contributed by atoms with van der Waals surface area (Å²) in [6.07, 6.45) is 3.87. The smallest absolute Gasteiger partial charge is 0.229 e. The lowest BCUT2D eigenvalue weighted by Crippen LogP contribution is -2.49. The lowest BCUT2D eigenvalue weighted by Gasteiger charge is -2.37. The minimum atomic E-state index is -0.149. The van der Waals surface area contributed by atoms with E-state index in [9.17, 15) is 4.79 Å². The Morgan fingerprint density at radius 3 is 2.36 bits per heavy atom. The van der Waals surface area contributed by atoms with Gasteiger partial charge < -0.3 is 14.5 Å². The van der Waals surface area contributed by atoms with Crippen molar-refractivity contribution in [3.8, 4) is 5.75 Å². The maximum atomic E-state index is 13.1. The van der Waals surface area contributed by atoms with Crippen LogP contribution >= 0.6 is 0 Å². The normalized spacial score (nSPS) is 15.5. The number of carbonyl (C=O) groups excluding carboxylic acids is 1. The molecule has 0 saturated carbocycles. The second kappa shape index (κ2) is 7.89. The lowest BCUT2D eigenvalue weighted by atomic mass is 9.96. The van der Waals surface area contributed by atoms with Crippen LogP contribution in [0.25, 0.3) is 10.8 Å². The van der Waals surface area contributed by atoms with E-state index in [4.69, 9.17) is 4.74 Å². The van der Waals surface area contributed by atoms with E-state index in [0.29, 0.717) is 0 Å². The van der Waals surface area contributed by atoms with Crippen molar-refractivity contribution in [2.24, 2.45) is 0 Å². The first kappa shape index (κ1) is 18.3. The zero-order valence-corrected chi connectivity index (χ0v) is 16.4. The van der Waals surface area contributed by atoms with E-state index >= 15 is 0 Å². The van der Waals surface area contributed by atoms with Crippen molar-refractivity contribution in [1.82, 2.24) is 4.90 Å². The van der Waals surface area contributed by atoms with Gasteiger partial charge in [-0.15, -0.1) is 0 Å². The molecule has 1 aliphatic heterocycles. The second-order valence-electron chi connectivity index (χ2n) is 7.26. The fraction of sp³-hybridized carbons (Fsp3) is 0.304. The third-order valence-electron chi connectivity index (χ3n) is 5.60. The van der Waals surface area contributed by atoms with Crippen molar-refractivity contribution < 1.29 is 14.5 Å². The molecule has 1 aromatic heterocycles. The quantitative estimate of drug-likeness (QED) is 0.703. The summed E-state index contributed by atoms with van der Waals surface area (Å²) in [5, 5.41) is 2.25. The monoisotopic (exact) mass is 376 g/mol. The zero-order chi connectivity index (χ0) is 19.5. The molecule has 1 N–H and O–H groups in total. The first-order chi connectivity index (χ1) is 13.7. The van der Waals surface area contributed by atoms with Crippen molar-refractivity contribution in [2.45, 2.75) is 12.8 Å². The van der Waals surface area contributed by atoms with Gasteiger partial charge in [-0.25, -0.2) is 4.98 Å². The van der Waals surface area contributed by atoms with E-state index in [0.717, 1.165) is 48.3 Å². The van der Waals surface area contributed by atoms with Gasteiger partial charge in [0.25, 0.3) is 0 Å². The number of nitrogens with one attached hydrogen (secondary N) is 1. The molecule has 4 rings (SSSR count). The van der Waals surface area contributed by atoms with Crippen molar-refractivity contribution >= 4 is 22.4 Å². The number of fused-ring (bicyclic) bond motifs is 1. The number of anilines is 1. The van der Waals surface area contributed by atoms with E-state index in [1.165, 1.54) is 5.69 Å². The molecule has 0 unspecified atom stereocenters. The van der Waals surface area contributed by atoms with E-state index < -0.39 is 0 Å². The molecule has 1 aliphatic rings. The number of hydrogen-bond donors (Lipinski definition) is 0. The number of aromatic amines is 1. The number of benzene rings is 2. The van der Waals surface area contributed by atoms with Crippen LogP contribution in [-0.2, 0) is 4.79 Å². The van der Waals surface area contributed by atoms with Gasteiger partial charge in [0.05, 0.1) is 13.0 Å². The first-order valence-electron chi connectivity index (χ1n) is 9.73. The van der Waals surface area contributed by atoms with Crippen LogP contribution in [0.5, 0.6) is 5.75 Å². The van der Waals surface area contributed by atoms with E-state index in [1.54, 1.807) is 7.11 Å². The summed E-state index contributed by atoms with van der Waals surface area (Å²) in [5.41, 5.74) is 2.26. The largest absolute Gasteiger partial charge is 0.497 e. The predicted molar refractivity (Wildman–Crippen MR) is 111 cm³/mol. The molecule has 0 radical (unpaired) electrons. The molecular weight excluding hydrogens is 350 g/mol. The van der Waals surface area contributed by atoms with Crippen LogP contribution in [0.3, 0.4) is 0 Å². The number of methoxy groups -OCH3 is 1. The molecule has 1 saturated heterocycles. The maximum Gasteiger partial charge on any atom is 0.229 e. The van der Waals surface area contributed by atoms with Crippen molar-refractivity contribution in [1.29, 1.82) is 0 Å². The Morgan fingerprint density at radius 2 is 1.64 bits per heavy atom. The van der Waals surface area contributed by atoms with Crippen LogP contribution in [0.15, 0.2) is 60.9 Å². The molecule has 1 atom stereocenters. The second-order valence-corrected chi connectivity index (χ2v) is 7.26. The topological polar surface area (TPSA) is 46.9 Å². The molecule has 0 bridgehead atoms. The summed E-state index contributed by atoms with van der Waals surface area (Å²) < 4.78 is 5.29. The Morgan fingerprint density at radius 1 is 0.964 bits per heavy atom. The van der Waals surface area contributed by atoms with Gasteiger partial charge in [-0.3, -0.25) is 4.79 Å². The number of hydrogen-bond acceptors (Lipinski definition) is 3. The molecule has 5 heteroatoms. The van der Waals surface area contributed by atoms with E-state index in [2.05, 4.69) is 40.2 Å². The summed E-state index contributed by atoms with van der Waals surface area (Å²) in [7, 11) is 1.67. The average molecular weight is 376 g/mol. The lowest BCUT2D eigenvalue weighted by molar-refractivity contribution is -0.377. The summed E-state index contributed by atoms with van der Waals surface area (Å²) in [4.78, 5) is 20.4. The number of rotatable bonds is 4. The van der Waals surface area contributed by atoms with Gasteiger partial charge in [-0.2, -0.15) is 0 Å². The predicted octanol–water partition coefficient (Wildman–Crippen LogP) is 3.11. The number of ether oxygens (including phenoxy) is 1. The number of carbonyl (C=O) groups is 1. The molecule has 1 amide bonds. The Hall–Kier alpha value is -3.08. The fourth-order valence-electron chi connectivity index (χ4n) is 3.83. The summed E-state index contributed by atoms with van der Waals surface area (Å²) in [6, 6.07) is 16.4. The van der Waals surface area contributed by atoms with Gasteiger partial charge in [0.15, 0.2) is 12.4 Å². The number of nitrogens with zero attached hydrogens (tertiary/aromatic N) is 2. The third kappa shape index (κ3) is 3.65. The minimum absolute atomic E-state index is 0.149. The highest BCUT2D eigenvalue weighted by Crippen LogP contribution is 2.26. The van der Waals surface area contributed by atoms with Crippen LogP contribution in [-0.4, -0.2) is 44.1 Å². The van der Waals surface area contributed by atoms with Gasteiger partial charge in [0.1, 0.15) is 5.75 Å². The van der Waals surface area contributed by atoms with Crippen LogP contribution < -0.4 is 14.6 Å². The van der Waals surface area contributed by atoms with Crippen molar-refractivity contribution in [3.63, 3.8) is 0 Å². The molecule has 0 aliphatic carbocycles. The van der Waals surface area contributed by atoms with E-state index in [-0.39, 0.29) is 11.8 Å². The van der Waals surface area contributed by atoms with Crippen LogP contribution in [0.4, 0.5) is 5.69 Å². The van der Waals surface area contributed by atoms with Gasteiger partial charge in [-0.05, 0) is 35.4 Å². The summed E-state index contributed by atoms with van der Waals surface area (Å²) in [6.45, 7) is 5.24. The van der Waals surface area contributed by atoms with Gasteiger partial charge in [-0.1, -0.05) is 24.3 Å². The summed E-state index contributed by atoms with van der Waals surface area (Å²) >= 11 is 0. The van der Waals surface area contributed by atoms with Crippen molar-refractivity contribution in [2.75, 3.05) is 38.2 Å². The molecule has 3 aromatic rings. The third-order valence-corrected chi connectivity index (χ3v) is 5.60. The van der Waals surface area contributed by atoms with Gasteiger partial charge in [0.2, 0.25) is 5.91 Å². The number of piperazine rings is 1. The number of aromatic nitrogens is 1. The standard InChI is InChI=1S/C23H25N3O2/c1-17(18-3-4-20-16-22(28-2)6-5-19(20)15-18)23(27)26-13-11-25(12-14-26)21-7-9-24-10-8-21/h3-10,15-17H,11-14H2,1-2H3/p+1/t17-/m0/s1. The highest BCUT2D eigenvalue weighted by Gasteiger charge is 2.26. The molecule has 0 spiro atoms. The highest BCUT2D eigenvalue weighted by molar-refractivity contribution is 5.88. The highest BCUT2D eigenvalue weighted by atomic mass is 16.5. The van der Waals surface area contributed by atoms with Crippen LogP contribution in [0.2, 0.25) is 0 Å². The van der Waals surface area contributed by atoms with Crippen molar-refractivity contribution in [3.05, 3.63) is 66.5 Å². The first-order valence-corrected chi connectivity index (χ1v) is 9.73. The average Bonchev–Trinajstić information content (AvgIpc) is 2.78. The molecule has 28 heavy (non-hydrogen) atoms. The Labute approximate surface area is 165 Å². The molecule has 2 aromatic carbocycles. The SMILES string of the molecule is COc1ccc2cc([C@H](C)C(=O)N3CCN(c4cc[nH+]cc4)CC3)ccc2c1. The Bertz CT molecular complexity index is 966. The van der Waals surface area contributed by atoms with Gasteiger partial charge in [0, 0.05) is 44.0 Å². The minimum Gasteiger partial charge on any atom is -0.497 e. The Kier molecular flexibility index (Phi) is 5.15. The molecule has 2 heterocycles. The maximum absolute atomic E-state index is 13.1. The number of pyridine rings is 1. The summed E-state index contributed by atoms with van der Waals surface area (Å²) in [5.74, 6) is 0.900. The number of amides is 1. The number of H-pyrrole nitrogens is 1. The fourth-order valence-corrected chi connectivity index (χ4v) is 3.83. The van der Waals surface area contributed by atoms with Gasteiger partial charge >= 0.3 is 0 Å². The van der Waals surface area contributed by atoms with E-state index in [1.807, 2.05) is 42.4 Å².